The molecule has 2 aromatic carbocycles. The van der Waals surface area contributed by atoms with E-state index in [9.17, 15) is 14.4 Å². The van der Waals surface area contributed by atoms with E-state index in [1.54, 1.807) is 0 Å². The highest BCUT2D eigenvalue weighted by atomic mass is 79.9. The summed E-state index contributed by atoms with van der Waals surface area (Å²) >= 11 is 6.86. The molecule has 1 aliphatic carbocycles. The van der Waals surface area contributed by atoms with E-state index in [4.69, 9.17) is 23.7 Å². The van der Waals surface area contributed by atoms with Crippen LogP contribution in [0.1, 0.15) is 36.0 Å². The lowest BCUT2D eigenvalue weighted by Crippen LogP contribution is -2.63. The second-order valence-electron chi connectivity index (χ2n) is 8.84. The van der Waals surface area contributed by atoms with Crippen molar-refractivity contribution < 1.29 is 38.1 Å². The molecule has 0 bridgehead atoms. The van der Waals surface area contributed by atoms with Gasteiger partial charge < -0.3 is 23.7 Å². The zero-order valence-corrected chi connectivity index (χ0v) is 23.4. The molecule has 2 fully saturated rings. The van der Waals surface area contributed by atoms with Crippen LogP contribution in [0.5, 0.6) is 0 Å². The molecule has 0 amide bonds. The average molecular weight is 626 g/mol. The van der Waals surface area contributed by atoms with E-state index in [1.165, 1.54) is 28.4 Å². The molecule has 0 radical (unpaired) electrons. The molecule has 192 valence electrons. The van der Waals surface area contributed by atoms with Crippen LogP contribution in [0.4, 0.5) is 0 Å². The number of fused-ring (bicyclic) bond motifs is 1. The van der Waals surface area contributed by atoms with Crippen molar-refractivity contribution in [3.8, 4) is 0 Å². The first-order valence-corrected chi connectivity index (χ1v) is 12.7. The molecule has 10 heteroatoms. The van der Waals surface area contributed by atoms with Crippen LogP contribution in [-0.2, 0) is 38.1 Å². The second kappa shape index (κ2) is 9.89. The second-order valence-corrected chi connectivity index (χ2v) is 10.7. The maximum absolute atomic E-state index is 13.9. The van der Waals surface area contributed by atoms with Crippen LogP contribution in [0.2, 0.25) is 0 Å². The number of carbonyl (C=O) groups excluding carboxylic acids is 3. The van der Waals surface area contributed by atoms with Crippen molar-refractivity contribution in [2.45, 2.75) is 30.7 Å². The molecule has 1 aliphatic heterocycles. The number of hydrogen-bond donors (Lipinski definition) is 0. The van der Waals surface area contributed by atoms with Gasteiger partial charge in [0.1, 0.15) is 5.41 Å². The summed E-state index contributed by atoms with van der Waals surface area (Å²) in [6, 6.07) is 14.7. The number of carbonyl (C=O) groups is 3. The van der Waals surface area contributed by atoms with Gasteiger partial charge in [0.05, 0.1) is 27.4 Å². The van der Waals surface area contributed by atoms with Crippen LogP contribution in [0.3, 0.4) is 0 Å². The third kappa shape index (κ3) is 3.56. The molecule has 4 atom stereocenters. The summed E-state index contributed by atoms with van der Waals surface area (Å²) in [6.07, 6.45) is -0.764. The predicted octanol–water partition coefficient (Wildman–Crippen LogP) is 4.70. The molecule has 2 aliphatic rings. The van der Waals surface area contributed by atoms with Crippen LogP contribution in [0.25, 0.3) is 0 Å². The van der Waals surface area contributed by atoms with E-state index in [0.29, 0.717) is 5.56 Å². The molecule has 4 rings (SSSR count). The Balaban J connectivity index is 2.06. The fourth-order valence-corrected chi connectivity index (χ4v) is 6.54. The lowest BCUT2D eigenvalue weighted by atomic mass is 9.67. The number of benzene rings is 2. The number of esters is 3. The van der Waals surface area contributed by atoms with E-state index in [2.05, 4.69) is 31.9 Å². The molecular weight excluding hydrogens is 600 g/mol. The summed E-state index contributed by atoms with van der Waals surface area (Å²) in [6.45, 7) is 0. The van der Waals surface area contributed by atoms with Crippen LogP contribution in [0, 0.1) is 10.8 Å². The summed E-state index contributed by atoms with van der Waals surface area (Å²) < 4.78 is 29.9. The van der Waals surface area contributed by atoms with E-state index in [1.807, 2.05) is 48.5 Å². The average Bonchev–Trinajstić information content (AvgIpc) is 3.38. The van der Waals surface area contributed by atoms with Crippen molar-refractivity contribution in [3.63, 3.8) is 0 Å². The van der Waals surface area contributed by atoms with Crippen molar-refractivity contribution in [2.24, 2.45) is 10.8 Å². The maximum Gasteiger partial charge on any atom is 0.328 e. The Hall–Kier alpha value is -2.27. The van der Waals surface area contributed by atoms with Crippen molar-refractivity contribution >= 4 is 49.8 Å². The van der Waals surface area contributed by atoms with Crippen LogP contribution >= 0.6 is 31.9 Å². The van der Waals surface area contributed by atoms with Gasteiger partial charge in [-0.05, 0) is 48.2 Å². The fraction of sp³-hybridized carbons (Fsp3) is 0.423. The van der Waals surface area contributed by atoms with Crippen molar-refractivity contribution in [1.82, 2.24) is 0 Å². The summed E-state index contributed by atoms with van der Waals surface area (Å²) in [5.74, 6) is -5.28. The van der Waals surface area contributed by atoms with Crippen molar-refractivity contribution in [2.75, 3.05) is 28.4 Å². The van der Waals surface area contributed by atoms with E-state index in [0.717, 1.165) is 14.5 Å². The Kier molecular flexibility index (Phi) is 7.36. The first-order valence-electron chi connectivity index (χ1n) is 11.2. The van der Waals surface area contributed by atoms with Gasteiger partial charge in [-0.2, -0.15) is 0 Å². The van der Waals surface area contributed by atoms with Crippen LogP contribution in [-0.4, -0.2) is 52.1 Å². The Morgan fingerprint density at radius 2 is 1.22 bits per heavy atom. The summed E-state index contributed by atoms with van der Waals surface area (Å²) in [5, 5.41) is 0. The molecule has 1 saturated carbocycles. The standard InChI is InChI=1S/C26H26Br2O8/c1-32-21(29)24-14-20(16-7-11-18(28)12-8-16)36-26(24,35-4)25(22(30)33-2,23(31)34-3)13-19(24)15-5-9-17(27)10-6-15/h5-12,19-20H,13-14H2,1-4H3/t19-,20-,24+,26+/m0/s1. The molecule has 0 aromatic heterocycles. The van der Waals surface area contributed by atoms with Crippen molar-refractivity contribution in [1.29, 1.82) is 0 Å². The topological polar surface area (TPSA) is 97.4 Å². The molecule has 2 aromatic rings. The monoisotopic (exact) mass is 624 g/mol. The lowest BCUT2D eigenvalue weighted by molar-refractivity contribution is -0.294. The number of hydrogen-bond acceptors (Lipinski definition) is 8. The predicted molar refractivity (Wildman–Crippen MR) is 135 cm³/mol. The number of rotatable bonds is 6. The van der Waals surface area contributed by atoms with Crippen LogP contribution < -0.4 is 0 Å². The minimum absolute atomic E-state index is 0.0889. The number of methoxy groups -OCH3 is 4. The Morgan fingerprint density at radius 3 is 1.67 bits per heavy atom. The first kappa shape index (κ1) is 26.8. The summed E-state index contributed by atoms with van der Waals surface area (Å²) in [7, 11) is 4.92. The molecule has 1 heterocycles. The third-order valence-electron chi connectivity index (χ3n) is 7.49. The number of halogens is 2. The number of ether oxygens (including phenoxy) is 5. The van der Waals surface area contributed by atoms with Crippen molar-refractivity contribution in [3.05, 3.63) is 68.6 Å². The molecule has 0 unspecified atom stereocenters. The fourth-order valence-electron chi connectivity index (χ4n) is 6.02. The van der Waals surface area contributed by atoms with E-state index < -0.39 is 46.5 Å². The van der Waals surface area contributed by atoms with E-state index >= 15 is 0 Å². The lowest BCUT2D eigenvalue weighted by Gasteiger charge is -2.43. The molecule has 0 spiro atoms. The molecule has 1 saturated heterocycles. The largest absolute Gasteiger partial charge is 0.468 e. The summed E-state index contributed by atoms with van der Waals surface area (Å²) in [4.78, 5) is 41.0. The highest BCUT2D eigenvalue weighted by Crippen LogP contribution is 2.73. The minimum Gasteiger partial charge on any atom is -0.468 e. The molecule has 0 N–H and O–H groups in total. The van der Waals surface area contributed by atoms with Gasteiger partial charge in [0.2, 0.25) is 11.2 Å². The van der Waals surface area contributed by atoms with Crippen LogP contribution in [0.15, 0.2) is 57.5 Å². The normalized spacial score (nSPS) is 28.3. The van der Waals surface area contributed by atoms with Gasteiger partial charge in [-0.3, -0.25) is 14.4 Å². The quantitative estimate of drug-likeness (QED) is 0.259. The zero-order valence-electron chi connectivity index (χ0n) is 20.2. The van der Waals surface area contributed by atoms with E-state index in [-0.39, 0.29) is 12.8 Å². The summed E-state index contributed by atoms with van der Waals surface area (Å²) in [5.41, 5.74) is -2.25. The maximum atomic E-state index is 13.9. The molecule has 8 nitrogen and oxygen atoms in total. The Labute approximate surface area is 225 Å². The SMILES string of the molecule is COC(=O)C1(C(=O)OC)C[C@@H](c2ccc(Br)cc2)[C@@]2(C(=O)OC)C[C@@H](c3ccc(Br)cc3)O[C@@]12OC. The van der Waals surface area contributed by atoms with Gasteiger partial charge in [0, 0.05) is 22.0 Å². The highest BCUT2D eigenvalue weighted by molar-refractivity contribution is 9.10. The Morgan fingerprint density at radius 1 is 0.750 bits per heavy atom. The minimum atomic E-state index is -2.11. The third-order valence-corrected chi connectivity index (χ3v) is 8.55. The smallest absolute Gasteiger partial charge is 0.328 e. The van der Waals surface area contributed by atoms with Gasteiger partial charge in [-0.1, -0.05) is 56.1 Å². The van der Waals surface area contributed by atoms with Gasteiger partial charge >= 0.3 is 17.9 Å². The van der Waals surface area contributed by atoms with Gasteiger partial charge in [0.15, 0.2) is 0 Å². The van der Waals surface area contributed by atoms with Gasteiger partial charge in [-0.25, -0.2) is 0 Å². The zero-order chi connectivity index (χ0) is 26.3. The van der Waals surface area contributed by atoms with Gasteiger partial charge in [-0.15, -0.1) is 0 Å². The Bertz CT molecular complexity index is 1150. The highest BCUT2D eigenvalue weighted by Gasteiger charge is 2.87. The molecular formula is C26H26Br2O8. The first-order chi connectivity index (χ1) is 17.2. The van der Waals surface area contributed by atoms with Gasteiger partial charge in [0.25, 0.3) is 0 Å². The molecule has 36 heavy (non-hydrogen) atoms.